The Kier molecular flexibility index (Phi) is 4.54. The molecule has 0 aromatic rings. The van der Waals surface area contributed by atoms with Crippen LogP contribution in [0.5, 0.6) is 0 Å². The molecule has 1 unspecified atom stereocenters. The van der Waals surface area contributed by atoms with E-state index in [9.17, 15) is 4.79 Å². The van der Waals surface area contributed by atoms with Crippen molar-refractivity contribution in [2.45, 2.75) is 39.3 Å². The molecule has 0 amide bonds. The maximum atomic E-state index is 10.5. The number of carboxylic acid groups (broad SMARTS) is 1. The SMILES string of the molecule is CC(C)N1CCN(CCC(=O)O)CC1C. The molecule has 88 valence electrons. The van der Waals surface area contributed by atoms with E-state index < -0.39 is 5.97 Å². The molecular weight excluding hydrogens is 192 g/mol. The van der Waals surface area contributed by atoms with Gasteiger partial charge in [0.05, 0.1) is 6.42 Å². The highest BCUT2D eigenvalue weighted by atomic mass is 16.4. The number of rotatable bonds is 4. The van der Waals surface area contributed by atoms with E-state index in [-0.39, 0.29) is 6.42 Å². The predicted octanol–water partition coefficient (Wildman–Crippen LogP) is 0.876. The summed E-state index contributed by atoms with van der Waals surface area (Å²) >= 11 is 0. The highest BCUT2D eigenvalue weighted by molar-refractivity contribution is 5.66. The molecule has 1 heterocycles. The Morgan fingerprint density at radius 3 is 2.60 bits per heavy atom. The minimum atomic E-state index is -0.700. The van der Waals surface area contributed by atoms with E-state index >= 15 is 0 Å². The second-order valence-corrected chi connectivity index (χ2v) is 4.62. The van der Waals surface area contributed by atoms with E-state index in [0.29, 0.717) is 18.6 Å². The molecule has 4 heteroatoms. The van der Waals surface area contributed by atoms with E-state index in [1.54, 1.807) is 0 Å². The van der Waals surface area contributed by atoms with Crippen molar-refractivity contribution in [2.24, 2.45) is 0 Å². The summed E-state index contributed by atoms with van der Waals surface area (Å²) in [4.78, 5) is 15.2. The Bertz CT molecular complexity index is 219. The summed E-state index contributed by atoms with van der Waals surface area (Å²) in [6, 6.07) is 1.12. The second kappa shape index (κ2) is 5.47. The van der Waals surface area contributed by atoms with Crippen molar-refractivity contribution < 1.29 is 9.90 Å². The first-order chi connectivity index (χ1) is 7.00. The van der Waals surface area contributed by atoms with Gasteiger partial charge in [0.25, 0.3) is 0 Å². The van der Waals surface area contributed by atoms with Gasteiger partial charge in [-0.1, -0.05) is 0 Å². The zero-order valence-electron chi connectivity index (χ0n) is 9.94. The van der Waals surface area contributed by atoms with Crippen LogP contribution in [0, 0.1) is 0 Å². The number of hydrogen-bond acceptors (Lipinski definition) is 3. The Balaban J connectivity index is 2.34. The third-order valence-corrected chi connectivity index (χ3v) is 3.07. The molecule has 1 aliphatic heterocycles. The normalized spacial score (nSPS) is 24.7. The molecule has 15 heavy (non-hydrogen) atoms. The molecule has 0 spiro atoms. The van der Waals surface area contributed by atoms with Crippen LogP contribution in [0.4, 0.5) is 0 Å². The van der Waals surface area contributed by atoms with Crippen LogP contribution in [0.15, 0.2) is 0 Å². The topological polar surface area (TPSA) is 43.8 Å². The molecule has 4 nitrogen and oxygen atoms in total. The molecule has 0 bridgehead atoms. The van der Waals surface area contributed by atoms with Gasteiger partial charge in [-0.2, -0.15) is 0 Å². The lowest BCUT2D eigenvalue weighted by Gasteiger charge is -2.42. The third-order valence-electron chi connectivity index (χ3n) is 3.07. The Morgan fingerprint density at radius 2 is 2.13 bits per heavy atom. The highest BCUT2D eigenvalue weighted by Crippen LogP contribution is 2.12. The van der Waals surface area contributed by atoms with Crippen molar-refractivity contribution in [2.75, 3.05) is 26.2 Å². The molecule has 1 aliphatic rings. The summed E-state index contributed by atoms with van der Waals surface area (Å²) < 4.78 is 0. The average Bonchev–Trinajstić information content (AvgIpc) is 2.14. The molecule has 1 fully saturated rings. The number of hydrogen-bond donors (Lipinski definition) is 1. The number of aliphatic carboxylic acids is 1. The van der Waals surface area contributed by atoms with Crippen LogP contribution >= 0.6 is 0 Å². The molecule has 0 radical (unpaired) electrons. The Labute approximate surface area is 91.9 Å². The Morgan fingerprint density at radius 1 is 1.47 bits per heavy atom. The summed E-state index contributed by atoms with van der Waals surface area (Å²) in [5.41, 5.74) is 0. The summed E-state index contributed by atoms with van der Waals surface area (Å²) in [6.07, 6.45) is 0.258. The lowest BCUT2D eigenvalue weighted by molar-refractivity contribution is -0.137. The highest BCUT2D eigenvalue weighted by Gasteiger charge is 2.25. The van der Waals surface area contributed by atoms with Gasteiger partial charge in [-0.05, 0) is 20.8 Å². The van der Waals surface area contributed by atoms with E-state index in [4.69, 9.17) is 5.11 Å². The van der Waals surface area contributed by atoms with Crippen LogP contribution in [-0.4, -0.2) is 59.1 Å². The van der Waals surface area contributed by atoms with Crippen molar-refractivity contribution in [1.82, 2.24) is 9.80 Å². The lowest BCUT2D eigenvalue weighted by Crippen LogP contribution is -2.54. The van der Waals surface area contributed by atoms with Gasteiger partial charge >= 0.3 is 5.97 Å². The van der Waals surface area contributed by atoms with Gasteiger partial charge in [-0.3, -0.25) is 14.6 Å². The smallest absolute Gasteiger partial charge is 0.304 e. The minimum absolute atomic E-state index is 0.258. The van der Waals surface area contributed by atoms with Gasteiger partial charge < -0.3 is 5.11 Å². The molecule has 0 aromatic carbocycles. The van der Waals surface area contributed by atoms with E-state index in [2.05, 4.69) is 30.6 Å². The van der Waals surface area contributed by atoms with Crippen molar-refractivity contribution >= 4 is 5.97 Å². The zero-order valence-corrected chi connectivity index (χ0v) is 9.94. The van der Waals surface area contributed by atoms with Crippen LogP contribution in [0.2, 0.25) is 0 Å². The minimum Gasteiger partial charge on any atom is -0.481 e. The van der Waals surface area contributed by atoms with Crippen molar-refractivity contribution in [3.8, 4) is 0 Å². The van der Waals surface area contributed by atoms with Gasteiger partial charge in [0.15, 0.2) is 0 Å². The summed E-state index contributed by atoms with van der Waals surface area (Å²) in [5, 5.41) is 8.61. The number of carbonyl (C=O) groups is 1. The quantitative estimate of drug-likeness (QED) is 0.754. The molecule has 1 rings (SSSR count). The van der Waals surface area contributed by atoms with Crippen molar-refractivity contribution in [1.29, 1.82) is 0 Å². The van der Waals surface area contributed by atoms with Crippen molar-refractivity contribution in [3.63, 3.8) is 0 Å². The number of carboxylic acids is 1. The summed E-state index contributed by atoms with van der Waals surface area (Å²) in [6.45, 7) is 10.4. The van der Waals surface area contributed by atoms with Gasteiger partial charge in [0, 0.05) is 38.3 Å². The molecule has 1 atom stereocenters. The van der Waals surface area contributed by atoms with Crippen molar-refractivity contribution in [3.05, 3.63) is 0 Å². The molecular formula is C11H22N2O2. The lowest BCUT2D eigenvalue weighted by atomic mass is 10.1. The average molecular weight is 214 g/mol. The largest absolute Gasteiger partial charge is 0.481 e. The predicted molar refractivity (Wildman–Crippen MR) is 60.0 cm³/mol. The molecule has 1 saturated heterocycles. The van der Waals surface area contributed by atoms with Crippen LogP contribution in [-0.2, 0) is 4.79 Å². The van der Waals surface area contributed by atoms with Gasteiger partial charge in [-0.25, -0.2) is 0 Å². The first-order valence-electron chi connectivity index (χ1n) is 5.70. The van der Waals surface area contributed by atoms with E-state index in [1.807, 2.05) is 0 Å². The molecule has 0 aliphatic carbocycles. The Hall–Kier alpha value is -0.610. The maximum Gasteiger partial charge on any atom is 0.304 e. The zero-order chi connectivity index (χ0) is 11.4. The van der Waals surface area contributed by atoms with Crippen LogP contribution in [0.25, 0.3) is 0 Å². The third kappa shape index (κ3) is 3.80. The molecule has 0 saturated carbocycles. The molecule has 1 N–H and O–H groups in total. The monoisotopic (exact) mass is 214 g/mol. The van der Waals surface area contributed by atoms with Crippen LogP contribution < -0.4 is 0 Å². The van der Waals surface area contributed by atoms with E-state index in [0.717, 1.165) is 19.6 Å². The molecule has 0 aromatic heterocycles. The maximum absolute atomic E-state index is 10.5. The fourth-order valence-electron chi connectivity index (χ4n) is 2.27. The van der Waals surface area contributed by atoms with Gasteiger partial charge in [0.2, 0.25) is 0 Å². The fraction of sp³-hybridized carbons (Fsp3) is 0.909. The standard InChI is InChI=1S/C11H22N2O2/c1-9(2)13-7-6-12(8-10(13)3)5-4-11(14)15/h9-10H,4-8H2,1-3H3,(H,14,15). The van der Waals surface area contributed by atoms with E-state index in [1.165, 1.54) is 0 Å². The summed E-state index contributed by atoms with van der Waals surface area (Å²) in [7, 11) is 0. The summed E-state index contributed by atoms with van der Waals surface area (Å²) in [5.74, 6) is -0.700. The van der Waals surface area contributed by atoms with Crippen LogP contribution in [0.3, 0.4) is 0 Å². The first-order valence-corrected chi connectivity index (χ1v) is 5.70. The second-order valence-electron chi connectivity index (χ2n) is 4.62. The first kappa shape index (κ1) is 12.5. The van der Waals surface area contributed by atoms with Crippen LogP contribution in [0.1, 0.15) is 27.2 Å². The number of piperazine rings is 1. The van der Waals surface area contributed by atoms with Gasteiger partial charge in [0.1, 0.15) is 0 Å². The number of nitrogens with zero attached hydrogens (tertiary/aromatic N) is 2. The van der Waals surface area contributed by atoms with Gasteiger partial charge in [-0.15, -0.1) is 0 Å². The fourth-order valence-corrected chi connectivity index (χ4v) is 2.27.